The van der Waals surface area contributed by atoms with Gasteiger partial charge in [-0.3, -0.25) is 14.4 Å². The molecule has 0 saturated heterocycles. The molecule has 0 spiro atoms. The van der Waals surface area contributed by atoms with Crippen molar-refractivity contribution in [1.82, 2.24) is 0 Å². The number of carbonyl (C=O) groups is 4. The molecule has 6 rings (SSSR count). The number of fused-ring (bicyclic) bond motifs is 6. The van der Waals surface area contributed by atoms with E-state index in [9.17, 15) is 49.8 Å². The predicted octanol–water partition coefficient (Wildman–Crippen LogP) is 3.89. The van der Waals surface area contributed by atoms with Gasteiger partial charge in [-0.2, -0.15) is 0 Å². The number of benzene rings is 3. The van der Waals surface area contributed by atoms with Gasteiger partial charge >= 0.3 is 11.9 Å². The lowest BCUT2D eigenvalue weighted by Gasteiger charge is -2.42. The van der Waals surface area contributed by atoms with Crippen molar-refractivity contribution in [3.8, 4) is 28.7 Å². The van der Waals surface area contributed by atoms with Gasteiger partial charge in [0.15, 0.2) is 5.78 Å². The number of rotatable bonds is 4. The van der Waals surface area contributed by atoms with Crippen molar-refractivity contribution in [2.24, 2.45) is 5.92 Å². The van der Waals surface area contributed by atoms with Crippen LogP contribution in [0.3, 0.4) is 0 Å². The second kappa shape index (κ2) is 10.2. The fourth-order valence-electron chi connectivity index (χ4n) is 6.70. The van der Waals surface area contributed by atoms with Crippen LogP contribution in [-0.4, -0.2) is 61.3 Å². The summed E-state index contributed by atoms with van der Waals surface area (Å²) in [7, 11) is 0.987. The molecule has 0 amide bonds. The third-order valence-corrected chi connectivity index (χ3v) is 8.44. The summed E-state index contributed by atoms with van der Waals surface area (Å²) in [6, 6.07) is 6.08. The molecule has 3 atom stereocenters. The summed E-state index contributed by atoms with van der Waals surface area (Å²) in [6.45, 7) is 2.89. The summed E-state index contributed by atoms with van der Waals surface area (Å²) in [5.74, 6) is -9.95. The van der Waals surface area contributed by atoms with Crippen molar-refractivity contribution in [2.45, 2.75) is 32.3 Å². The van der Waals surface area contributed by atoms with Crippen LogP contribution < -0.4 is 0 Å². The minimum Gasteiger partial charge on any atom is -0.507 e. The number of methoxy groups -OCH3 is 1. The quantitative estimate of drug-likeness (QED) is 0.107. The molecule has 12 heteroatoms. The first kappa shape index (κ1) is 29.3. The number of aliphatic hydroxyl groups is 1. The van der Waals surface area contributed by atoms with Crippen LogP contribution in [0.2, 0.25) is 0 Å². The van der Waals surface area contributed by atoms with Gasteiger partial charge in [-0.1, -0.05) is 17.7 Å². The van der Waals surface area contributed by atoms with Crippen LogP contribution in [0.4, 0.5) is 0 Å². The molecule has 45 heavy (non-hydrogen) atoms. The van der Waals surface area contributed by atoms with Crippen LogP contribution in [0.5, 0.6) is 28.7 Å². The number of hydrogen-bond donors (Lipinski definition) is 6. The highest BCUT2D eigenvalue weighted by Crippen LogP contribution is 2.57. The van der Waals surface area contributed by atoms with Crippen molar-refractivity contribution < 1.29 is 59.3 Å². The highest BCUT2D eigenvalue weighted by molar-refractivity contribution is 6.20. The van der Waals surface area contributed by atoms with Crippen LogP contribution in [0.15, 0.2) is 47.6 Å². The minimum absolute atomic E-state index is 0.00810. The van der Waals surface area contributed by atoms with Crippen molar-refractivity contribution >= 4 is 29.3 Å². The zero-order chi connectivity index (χ0) is 32.6. The number of aryl methyl sites for hydroxylation is 1. The van der Waals surface area contributed by atoms with Crippen LogP contribution in [0.25, 0.3) is 5.76 Å². The average molecular weight is 615 g/mol. The topological polar surface area (TPSA) is 208 Å². The Morgan fingerprint density at radius 3 is 2.18 bits per heavy atom. The first-order valence-corrected chi connectivity index (χ1v) is 13.7. The van der Waals surface area contributed by atoms with Crippen LogP contribution in [0.1, 0.15) is 73.0 Å². The van der Waals surface area contributed by atoms with Crippen molar-refractivity contribution in [3.05, 3.63) is 92.1 Å². The smallest absolute Gasteiger partial charge is 0.342 e. The molecular formula is C33H26O12. The zero-order valence-electron chi connectivity index (χ0n) is 24.0. The van der Waals surface area contributed by atoms with Gasteiger partial charge in [0.1, 0.15) is 51.7 Å². The monoisotopic (exact) mass is 614 g/mol. The van der Waals surface area contributed by atoms with Crippen molar-refractivity contribution in [1.29, 1.82) is 0 Å². The fraction of sp³-hybridized carbons (Fsp3) is 0.212. The van der Waals surface area contributed by atoms with Gasteiger partial charge in [-0.15, -0.1) is 0 Å². The number of ether oxygens (including phenoxy) is 2. The number of ketones is 2. The number of phenols is 5. The standard InChI is InChI=1S/C33H26O12/c1-11-6-16-23(19(37)7-11)30(41)27-22(32(16)45-12(2)34)13-8-14-10-20(38)26(29(40)21(14)15(9-13)28(27)39)31(42)24-17(35)4-5-18(36)25(24)33(43)44-3/h4-7,9-10,15,22,32,35-38,40-41H,8H2,1-3H3/t15-,22?,32+/m1/s1. The second-order valence-corrected chi connectivity index (χ2v) is 11.1. The number of carbonyl (C=O) groups excluding carboxylic acids is 4. The average Bonchev–Trinajstić information content (AvgIpc) is 2.96. The molecule has 2 bridgehead atoms. The summed E-state index contributed by atoms with van der Waals surface area (Å²) >= 11 is 0. The van der Waals surface area contributed by atoms with Gasteiger partial charge in [0.2, 0.25) is 5.78 Å². The highest BCUT2D eigenvalue weighted by Gasteiger charge is 2.50. The third kappa shape index (κ3) is 4.20. The molecule has 3 aliphatic rings. The largest absolute Gasteiger partial charge is 0.507 e. The number of esters is 2. The van der Waals surface area contributed by atoms with E-state index in [0.29, 0.717) is 16.7 Å². The van der Waals surface area contributed by atoms with E-state index in [1.807, 2.05) is 0 Å². The van der Waals surface area contributed by atoms with E-state index in [-0.39, 0.29) is 34.4 Å². The molecular weight excluding hydrogens is 588 g/mol. The molecule has 230 valence electrons. The number of allylic oxidation sites excluding steroid dienone is 1. The first-order valence-electron chi connectivity index (χ1n) is 13.7. The Labute approximate surface area is 254 Å². The molecule has 0 heterocycles. The van der Waals surface area contributed by atoms with Crippen molar-refractivity contribution in [2.75, 3.05) is 7.11 Å². The predicted molar refractivity (Wildman–Crippen MR) is 154 cm³/mol. The van der Waals surface area contributed by atoms with E-state index in [2.05, 4.69) is 4.74 Å². The lowest BCUT2D eigenvalue weighted by atomic mass is 9.63. The van der Waals surface area contributed by atoms with Gasteiger partial charge in [-0.05, 0) is 48.7 Å². The van der Waals surface area contributed by atoms with E-state index >= 15 is 0 Å². The molecule has 12 nitrogen and oxygen atoms in total. The molecule has 3 aromatic carbocycles. The lowest BCUT2D eigenvalue weighted by molar-refractivity contribution is -0.149. The number of aliphatic hydroxyl groups excluding tert-OH is 1. The van der Waals surface area contributed by atoms with Crippen molar-refractivity contribution in [3.63, 3.8) is 0 Å². The number of aromatic hydroxyl groups is 5. The van der Waals surface area contributed by atoms with Crippen LogP contribution >= 0.6 is 0 Å². The molecule has 3 aliphatic carbocycles. The summed E-state index contributed by atoms with van der Waals surface area (Å²) in [4.78, 5) is 52.5. The van der Waals surface area contributed by atoms with E-state index in [4.69, 9.17) is 4.74 Å². The Hall–Kier alpha value is -5.78. The molecule has 0 saturated carbocycles. The number of Topliss-reactive ketones (excluding diaryl/α,β-unsaturated/α-hetero) is 1. The molecule has 0 fully saturated rings. The normalized spacial score (nSPS) is 19.6. The molecule has 6 N–H and O–H groups in total. The van der Waals surface area contributed by atoms with Gasteiger partial charge < -0.3 is 40.1 Å². The van der Waals surface area contributed by atoms with E-state index < -0.39 is 86.9 Å². The van der Waals surface area contributed by atoms with E-state index in [0.717, 1.165) is 25.3 Å². The Morgan fingerprint density at radius 2 is 1.53 bits per heavy atom. The molecule has 0 radical (unpaired) electrons. The summed E-state index contributed by atoms with van der Waals surface area (Å²) in [5.41, 5.74) is -0.863. The minimum atomic E-state index is -1.28. The molecule has 0 aromatic heterocycles. The van der Waals surface area contributed by atoms with Crippen LogP contribution in [0, 0.1) is 12.8 Å². The zero-order valence-corrected chi connectivity index (χ0v) is 24.0. The van der Waals surface area contributed by atoms with Gasteiger partial charge in [0.25, 0.3) is 0 Å². The van der Waals surface area contributed by atoms with Gasteiger partial charge in [0, 0.05) is 23.6 Å². The Kier molecular flexibility index (Phi) is 6.61. The molecule has 3 aromatic rings. The van der Waals surface area contributed by atoms with E-state index in [1.54, 1.807) is 13.0 Å². The maximum Gasteiger partial charge on any atom is 0.342 e. The highest BCUT2D eigenvalue weighted by atomic mass is 16.5. The Bertz CT molecular complexity index is 1960. The SMILES string of the molecule is COC(=O)c1c(O)ccc(O)c1C(=O)c1c(O)cc2c(c1O)[C@H]1C=C(C2)C2C(=C(O)c3c(O)cc(C)cc3[C@@H]2OC(C)=O)C1=O. The van der Waals surface area contributed by atoms with Crippen LogP contribution in [-0.2, 0) is 25.5 Å². The lowest BCUT2D eigenvalue weighted by Crippen LogP contribution is -2.38. The summed E-state index contributed by atoms with van der Waals surface area (Å²) in [5, 5.41) is 65.4. The Balaban J connectivity index is 1.55. The maximum atomic E-state index is 14.2. The number of phenolic OH excluding ortho intramolecular Hbond substituents is 5. The summed E-state index contributed by atoms with van der Waals surface area (Å²) in [6.07, 6.45) is 0.423. The summed E-state index contributed by atoms with van der Waals surface area (Å²) < 4.78 is 10.3. The second-order valence-electron chi connectivity index (χ2n) is 11.1. The third-order valence-electron chi connectivity index (χ3n) is 8.44. The van der Waals surface area contributed by atoms with Gasteiger partial charge in [0.05, 0.1) is 30.1 Å². The first-order chi connectivity index (χ1) is 21.3. The molecule has 0 aliphatic heterocycles. The fourth-order valence-corrected chi connectivity index (χ4v) is 6.70. The maximum absolute atomic E-state index is 14.2. The Morgan fingerprint density at radius 1 is 0.867 bits per heavy atom. The van der Waals surface area contributed by atoms with E-state index in [1.165, 1.54) is 19.1 Å². The molecule has 1 unspecified atom stereocenters. The number of hydrogen-bond acceptors (Lipinski definition) is 12. The van der Waals surface area contributed by atoms with Gasteiger partial charge in [-0.25, -0.2) is 4.79 Å².